The number of aromatic nitrogens is 2. The molecule has 5 rings (SSSR count). The van der Waals surface area contributed by atoms with Gasteiger partial charge in [-0.1, -0.05) is 0 Å². The molecule has 2 aromatic heterocycles. The van der Waals surface area contributed by atoms with Gasteiger partial charge in [-0.05, 0) is 30.3 Å². The Hall–Kier alpha value is -4.54. The lowest BCUT2D eigenvalue weighted by Gasteiger charge is -2.19. The molecule has 1 aliphatic heterocycles. The zero-order valence-corrected chi connectivity index (χ0v) is 17.2. The molecule has 0 saturated heterocycles. The van der Waals surface area contributed by atoms with Gasteiger partial charge in [-0.3, -0.25) is 0 Å². The van der Waals surface area contributed by atoms with Crippen LogP contribution in [0.2, 0.25) is 0 Å². The highest BCUT2D eigenvalue weighted by atomic mass is 19.1. The molecule has 10 nitrogen and oxygen atoms in total. The van der Waals surface area contributed by atoms with Crippen LogP contribution >= 0.6 is 0 Å². The van der Waals surface area contributed by atoms with E-state index in [0.717, 1.165) is 6.20 Å². The zero-order valence-electron chi connectivity index (χ0n) is 17.2. The minimum atomic E-state index is -0.796. The van der Waals surface area contributed by atoms with Gasteiger partial charge in [0.25, 0.3) is 5.76 Å². The quantitative estimate of drug-likeness (QED) is 0.381. The Kier molecular flexibility index (Phi) is 5.05. The third-order valence-corrected chi connectivity index (χ3v) is 4.84. The standard InChI is InChI=1S/C22H17FN4O6/c1-30-21(29)19-18(28)13-8-11(2-4-15(13)33-19)26-22-24-10-14(23)20(27-22)25-12-3-5-16-17(9-12)32-7-6-31-16/h2-5,8-10,28H,6-7H2,1H3,(H2,24,25,26,27). The van der Waals surface area contributed by atoms with E-state index in [9.17, 15) is 14.3 Å². The Morgan fingerprint density at radius 1 is 1.09 bits per heavy atom. The molecule has 168 valence electrons. The molecule has 0 unspecified atom stereocenters. The summed E-state index contributed by atoms with van der Waals surface area (Å²) < 4.78 is 35.3. The number of rotatable bonds is 5. The third kappa shape index (κ3) is 3.91. The summed E-state index contributed by atoms with van der Waals surface area (Å²) in [7, 11) is 1.18. The minimum absolute atomic E-state index is 0.0515. The molecule has 0 spiro atoms. The van der Waals surface area contributed by atoms with E-state index >= 15 is 0 Å². The lowest BCUT2D eigenvalue weighted by molar-refractivity contribution is 0.0563. The van der Waals surface area contributed by atoms with E-state index < -0.39 is 11.8 Å². The lowest BCUT2D eigenvalue weighted by atomic mass is 10.2. The van der Waals surface area contributed by atoms with E-state index in [1.54, 1.807) is 36.4 Å². The fourth-order valence-electron chi connectivity index (χ4n) is 3.30. The molecule has 0 radical (unpaired) electrons. The first-order chi connectivity index (χ1) is 16.0. The zero-order chi connectivity index (χ0) is 22.9. The van der Waals surface area contributed by atoms with Crippen molar-refractivity contribution in [2.45, 2.75) is 0 Å². The summed E-state index contributed by atoms with van der Waals surface area (Å²) in [6, 6.07) is 9.87. The summed E-state index contributed by atoms with van der Waals surface area (Å²) in [6.07, 6.45) is 1.03. The van der Waals surface area contributed by atoms with E-state index in [4.69, 9.17) is 13.9 Å². The molecule has 1 aliphatic rings. The second-order valence-electron chi connectivity index (χ2n) is 6.98. The van der Waals surface area contributed by atoms with Gasteiger partial charge in [-0.25, -0.2) is 14.2 Å². The van der Waals surface area contributed by atoms with Crippen molar-refractivity contribution in [1.29, 1.82) is 0 Å². The topological polar surface area (TPSA) is 128 Å². The van der Waals surface area contributed by atoms with Crippen LogP contribution in [0.25, 0.3) is 11.0 Å². The highest BCUT2D eigenvalue weighted by Gasteiger charge is 2.21. The van der Waals surface area contributed by atoms with E-state index in [-0.39, 0.29) is 28.7 Å². The number of esters is 1. The fourth-order valence-corrected chi connectivity index (χ4v) is 3.30. The number of carbonyl (C=O) groups is 1. The van der Waals surface area contributed by atoms with E-state index in [0.29, 0.717) is 41.7 Å². The molecule has 2 aromatic carbocycles. The molecular weight excluding hydrogens is 435 g/mol. The van der Waals surface area contributed by atoms with Crippen LogP contribution in [0, 0.1) is 5.82 Å². The number of halogens is 1. The number of hydrogen-bond donors (Lipinski definition) is 3. The monoisotopic (exact) mass is 452 g/mol. The SMILES string of the molecule is COC(=O)c1oc2ccc(Nc3ncc(F)c(Nc4ccc5c(c4)OCCO5)n3)cc2c1O. The van der Waals surface area contributed by atoms with Crippen LogP contribution in [0.1, 0.15) is 10.6 Å². The van der Waals surface area contributed by atoms with Gasteiger partial charge in [-0.2, -0.15) is 4.98 Å². The summed E-state index contributed by atoms with van der Waals surface area (Å²) in [5.74, 6) is -0.869. The summed E-state index contributed by atoms with van der Waals surface area (Å²) in [4.78, 5) is 19.8. The Morgan fingerprint density at radius 3 is 2.67 bits per heavy atom. The molecule has 3 heterocycles. The van der Waals surface area contributed by atoms with Gasteiger partial charge in [0.2, 0.25) is 5.95 Å². The first-order valence-electron chi connectivity index (χ1n) is 9.82. The maximum Gasteiger partial charge on any atom is 0.377 e. The number of fused-ring (bicyclic) bond motifs is 2. The van der Waals surface area contributed by atoms with Crippen molar-refractivity contribution in [3.8, 4) is 17.2 Å². The number of benzene rings is 2. The van der Waals surface area contributed by atoms with Crippen LogP contribution in [0.4, 0.5) is 27.5 Å². The maximum atomic E-state index is 14.3. The van der Waals surface area contributed by atoms with Crippen molar-refractivity contribution in [3.63, 3.8) is 0 Å². The number of nitrogens with one attached hydrogen (secondary N) is 2. The number of carbonyl (C=O) groups excluding carboxylic acids is 1. The smallest absolute Gasteiger partial charge is 0.377 e. The number of furan rings is 1. The Morgan fingerprint density at radius 2 is 1.85 bits per heavy atom. The average molecular weight is 452 g/mol. The van der Waals surface area contributed by atoms with Gasteiger partial charge in [0, 0.05) is 17.4 Å². The van der Waals surface area contributed by atoms with Crippen molar-refractivity contribution in [2.75, 3.05) is 31.0 Å². The Bertz CT molecular complexity index is 1370. The molecule has 3 N–H and O–H groups in total. The molecule has 0 fully saturated rings. The van der Waals surface area contributed by atoms with Crippen LogP contribution in [0.3, 0.4) is 0 Å². The number of ether oxygens (including phenoxy) is 3. The van der Waals surface area contributed by atoms with Crippen LogP contribution < -0.4 is 20.1 Å². The Balaban J connectivity index is 1.39. The fraction of sp³-hybridized carbons (Fsp3) is 0.136. The van der Waals surface area contributed by atoms with Crippen LogP contribution in [-0.2, 0) is 4.74 Å². The van der Waals surface area contributed by atoms with E-state index in [2.05, 4.69) is 25.3 Å². The number of hydrogen-bond acceptors (Lipinski definition) is 10. The highest BCUT2D eigenvalue weighted by molar-refractivity contribution is 5.99. The van der Waals surface area contributed by atoms with Gasteiger partial charge in [-0.15, -0.1) is 0 Å². The minimum Gasteiger partial charge on any atom is -0.504 e. The molecule has 0 atom stereocenters. The van der Waals surface area contributed by atoms with Gasteiger partial charge in [0.05, 0.1) is 18.7 Å². The second kappa shape index (κ2) is 8.19. The molecule has 0 amide bonds. The number of anilines is 4. The highest BCUT2D eigenvalue weighted by Crippen LogP contribution is 2.35. The number of methoxy groups -OCH3 is 1. The molecule has 33 heavy (non-hydrogen) atoms. The van der Waals surface area contributed by atoms with Crippen molar-refractivity contribution in [2.24, 2.45) is 0 Å². The summed E-state index contributed by atoms with van der Waals surface area (Å²) in [6.45, 7) is 0.909. The summed E-state index contributed by atoms with van der Waals surface area (Å²) in [5.41, 5.74) is 1.33. The van der Waals surface area contributed by atoms with Gasteiger partial charge >= 0.3 is 5.97 Å². The molecule has 4 aromatic rings. The summed E-state index contributed by atoms with van der Waals surface area (Å²) >= 11 is 0. The van der Waals surface area contributed by atoms with Crippen LogP contribution in [0.5, 0.6) is 17.2 Å². The molecule has 0 bridgehead atoms. The third-order valence-electron chi connectivity index (χ3n) is 4.84. The van der Waals surface area contributed by atoms with Gasteiger partial charge in [0.15, 0.2) is 28.9 Å². The van der Waals surface area contributed by atoms with Gasteiger partial charge < -0.3 is 34.4 Å². The first kappa shape index (κ1) is 20.4. The second-order valence-corrected chi connectivity index (χ2v) is 6.98. The largest absolute Gasteiger partial charge is 0.504 e. The van der Waals surface area contributed by atoms with Crippen molar-refractivity contribution in [1.82, 2.24) is 9.97 Å². The van der Waals surface area contributed by atoms with Crippen molar-refractivity contribution in [3.05, 3.63) is 54.2 Å². The first-order valence-corrected chi connectivity index (χ1v) is 9.82. The molecule has 0 saturated carbocycles. The van der Waals surface area contributed by atoms with Crippen LogP contribution in [0.15, 0.2) is 47.0 Å². The van der Waals surface area contributed by atoms with Crippen molar-refractivity contribution < 1.29 is 32.9 Å². The van der Waals surface area contributed by atoms with Gasteiger partial charge in [0.1, 0.15) is 18.8 Å². The predicted octanol–water partition coefficient (Wildman–Crippen LogP) is 4.11. The Labute approximate surface area is 185 Å². The number of aromatic hydroxyl groups is 1. The van der Waals surface area contributed by atoms with Crippen molar-refractivity contribution >= 4 is 40.1 Å². The normalized spacial score (nSPS) is 12.4. The van der Waals surface area contributed by atoms with E-state index in [1.807, 2.05) is 0 Å². The maximum absolute atomic E-state index is 14.3. The van der Waals surface area contributed by atoms with E-state index in [1.165, 1.54) is 7.11 Å². The lowest BCUT2D eigenvalue weighted by Crippen LogP contribution is -2.15. The average Bonchev–Trinajstić information content (AvgIpc) is 3.16. The summed E-state index contributed by atoms with van der Waals surface area (Å²) in [5, 5.41) is 16.4. The molecule has 11 heteroatoms. The number of nitrogens with zero attached hydrogens (tertiary/aromatic N) is 2. The molecule has 0 aliphatic carbocycles. The predicted molar refractivity (Wildman–Crippen MR) is 115 cm³/mol. The van der Waals surface area contributed by atoms with Crippen LogP contribution in [-0.4, -0.2) is 41.4 Å². The molecular formula is C22H17FN4O6.